The van der Waals surface area contributed by atoms with Gasteiger partial charge in [-0.05, 0) is 30.5 Å². The van der Waals surface area contributed by atoms with Crippen LogP contribution in [0.4, 0.5) is 0 Å². The van der Waals surface area contributed by atoms with Crippen LogP contribution in [0.25, 0.3) is 0 Å². The number of ether oxygens (including phenoxy) is 1. The number of esters is 1. The third-order valence-corrected chi connectivity index (χ3v) is 3.42. The van der Waals surface area contributed by atoms with E-state index in [1.165, 1.54) is 7.11 Å². The van der Waals surface area contributed by atoms with Gasteiger partial charge in [0, 0.05) is 18.9 Å². The Morgan fingerprint density at radius 1 is 1.39 bits per heavy atom. The molecule has 0 unspecified atom stereocenters. The van der Waals surface area contributed by atoms with Crippen LogP contribution in [0.2, 0.25) is 0 Å². The zero-order valence-corrected chi connectivity index (χ0v) is 10.3. The molecule has 1 fully saturated rings. The molecule has 1 amide bonds. The van der Waals surface area contributed by atoms with Gasteiger partial charge in [-0.25, -0.2) is 0 Å². The minimum absolute atomic E-state index is 0.239. The highest BCUT2D eigenvalue weighted by Gasteiger charge is 2.51. The molecule has 5 heteroatoms. The second kappa shape index (κ2) is 5.16. The molecule has 96 valence electrons. The molecule has 0 bridgehead atoms. The molecule has 1 aliphatic rings. The van der Waals surface area contributed by atoms with E-state index in [9.17, 15) is 9.59 Å². The number of carbonyl (C=O) groups excluding carboxylic acids is 2. The minimum Gasteiger partial charge on any atom is -0.468 e. The van der Waals surface area contributed by atoms with Gasteiger partial charge in [0.2, 0.25) is 5.91 Å². The monoisotopic (exact) mass is 248 g/mol. The topological polar surface area (TPSA) is 68.3 Å². The first-order chi connectivity index (χ1) is 8.69. The van der Waals surface area contributed by atoms with Crippen molar-refractivity contribution in [3.05, 3.63) is 30.1 Å². The number of hydrogen-bond acceptors (Lipinski definition) is 4. The van der Waals surface area contributed by atoms with Gasteiger partial charge < -0.3 is 10.1 Å². The lowest BCUT2D eigenvalue weighted by molar-refractivity contribution is -0.165. The Morgan fingerprint density at radius 2 is 2.06 bits per heavy atom. The second-order valence-electron chi connectivity index (χ2n) is 4.47. The summed E-state index contributed by atoms with van der Waals surface area (Å²) < 4.78 is 4.72. The highest BCUT2D eigenvalue weighted by atomic mass is 16.5. The summed E-state index contributed by atoms with van der Waals surface area (Å²) in [5, 5.41) is 2.79. The first kappa shape index (κ1) is 12.5. The Morgan fingerprint density at radius 3 is 2.56 bits per heavy atom. The normalized spacial score (nSPS) is 16.5. The van der Waals surface area contributed by atoms with Crippen molar-refractivity contribution < 1.29 is 14.3 Å². The fraction of sp³-hybridized carbons (Fsp3) is 0.462. The first-order valence-electron chi connectivity index (χ1n) is 5.95. The molecule has 0 aliphatic heterocycles. The van der Waals surface area contributed by atoms with E-state index >= 15 is 0 Å². The van der Waals surface area contributed by atoms with Gasteiger partial charge in [-0.15, -0.1) is 0 Å². The van der Waals surface area contributed by atoms with Crippen LogP contribution in [0, 0.1) is 5.41 Å². The molecule has 5 nitrogen and oxygen atoms in total. The van der Waals surface area contributed by atoms with Gasteiger partial charge in [0.05, 0.1) is 7.11 Å². The fourth-order valence-corrected chi connectivity index (χ4v) is 2.10. The van der Waals surface area contributed by atoms with E-state index in [2.05, 4.69) is 10.3 Å². The van der Waals surface area contributed by atoms with E-state index in [4.69, 9.17) is 4.74 Å². The van der Waals surface area contributed by atoms with Crippen molar-refractivity contribution in [2.45, 2.75) is 25.8 Å². The second-order valence-corrected chi connectivity index (χ2v) is 4.47. The third kappa shape index (κ3) is 2.20. The van der Waals surface area contributed by atoms with Crippen molar-refractivity contribution in [1.82, 2.24) is 10.3 Å². The highest BCUT2D eigenvalue weighted by molar-refractivity contribution is 6.03. The molecule has 1 N–H and O–H groups in total. The lowest BCUT2D eigenvalue weighted by Gasteiger charge is -2.37. The number of nitrogens with zero attached hydrogens (tertiary/aromatic N) is 1. The summed E-state index contributed by atoms with van der Waals surface area (Å²) in [6, 6.07) is 3.65. The van der Waals surface area contributed by atoms with Crippen molar-refractivity contribution in [2.24, 2.45) is 5.41 Å². The van der Waals surface area contributed by atoms with Crippen LogP contribution in [0.1, 0.15) is 24.8 Å². The lowest BCUT2D eigenvalue weighted by Crippen LogP contribution is -2.51. The standard InChI is InChI=1S/C13H16N2O3/c1-18-12(17)13(5-2-6-13)11(16)15-9-10-3-7-14-8-4-10/h3-4,7-8H,2,5-6,9H2,1H3,(H,15,16). The van der Waals surface area contributed by atoms with E-state index in [0.29, 0.717) is 19.4 Å². The maximum atomic E-state index is 12.1. The Bertz CT molecular complexity index is 441. The van der Waals surface area contributed by atoms with E-state index in [1.54, 1.807) is 12.4 Å². The zero-order chi connectivity index (χ0) is 13.0. The van der Waals surface area contributed by atoms with Crippen LogP contribution in [0.15, 0.2) is 24.5 Å². The Hall–Kier alpha value is -1.91. The number of aromatic nitrogens is 1. The largest absolute Gasteiger partial charge is 0.468 e. The molecule has 0 spiro atoms. The van der Waals surface area contributed by atoms with Gasteiger partial charge in [0.1, 0.15) is 5.41 Å². The number of methoxy groups -OCH3 is 1. The number of rotatable bonds is 4. The number of carbonyl (C=O) groups is 2. The molecule has 1 aromatic rings. The third-order valence-electron chi connectivity index (χ3n) is 3.42. The number of pyridine rings is 1. The van der Waals surface area contributed by atoms with E-state index < -0.39 is 11.4 Å². The zero-order valence-electron chi connectivity index (χ0n) is 10.3. The van der Waals surface area contributed by atoms with Crippen molar-refractivity contribution in [1.29, 1.82) is 0 Å². The van der Waals surface area contributed by atoms with Crippen molar-refractivity contribution in [3.63, 3.8) is 0 Å². The summed E-state index contributed by atoms with van der Waals surface area (Å²) in [5.74, 6) is -0.668. The highest BCUT2D eigenvalue weighted by Crippen LogP contribution is 2.42. The van der Waals surface area contributed by atoms with Gasteiger partial charge >= 0.3 is 5.97 Å². The molecular weight excluding hydrogens is 232 g/mol. The quantitative estimate of drug-likeness (QED) is 0.638. The maximum Gasteiger partial charge on any atom is 0.321 e. The molecule has 0 atom stereocenters. The molecule has 0 radical (unpaired) electrons. The first-order valence-corrected chi connectivity index (χ1v) is 5.95. The summed E-state index contributed by atoms with van der Waals surface area (Å²) in [7, 11) is 1.32. The van der Waals surface area contributed by atoms with E-state index in [0.717, 1.165) is 12.0 Å². The van der Waals surface area contributed by atoms with Crippen molar-refractivity contribution in [3.8, 4) is 0 Å². The number of nitrogens with one attached hydrogen (secondary N) is 1. The molecule has 1 heterocycles. The van der Waals surface area contributed by atoms with Crippen LogP contribution < -0.4 is 5.32 Å². The van der Waals surface area contributed by atoms with Gasteiger partial charge in [0.25, 0.3) is 0 Å². The maximum absolute atomic E-state index is 12.1. The Balaban J connectivity index is 1.97. The molecule has 1 aromatic heterocycles. The fourth-order valence-electron chi connectivity index (χ4n) is 2.10. The van der Waals surface area contributed by atoms with Gasteiger partial charge in [-0.2, -0.15) is 0 Å². The smallest absolute Gasteiger partial charge is 0.321 e. The van der Waals surface area contributed by atoms with Crippen LogP contribution in [-0.2, 0) is 20.9 Å². The summed E-state index contributed by atoms with van der Waals surface area (Å²) in [6.45, 7) is 0.403. The Labute approximate surface area is 106 Å². The van der Waals surface area contributed by atoms with Crippen LogP contribution in [0.5, 0.6) is 0 Å². The Kier molecular flexibility index (Phi) is 3.60. The summed E-state index contributed by atoms with van der Waals surface area (Å²) >= 11 is 0. The van der Waals surface area contributed by atoms with Crippen LogP contribution >= 0.6 is 0 Å². The molecule has 0 saturated heterocycles. The summed E-state index contributed by atoms with van der Waals surface area (Å²) in [6.07, 6.45) is 5.36. The van der Waals surface area contributed by atoms with Crippen molar-refractivity contribution in [2.75, 3.05) is 7.11 Å². The minimum atomic E-state index is -0.957. The molecule has 18 heavy (non-hydrogen) atoms. The molecule has 1 aliphatic carbocycles. The predicted molar refractivity (Wildman–Crippen MR) is 64.4 cm³/mol. The number of hydrogen-bond donors (Lipinski definition) is 1. The lowest BCUT2D eigenvalue weighted by atomic mass is 9.68. The van der Waals surface area contributed by atoms with Gasteiger partial charge in [-0.1, -0.05) is 6.42 Å². The summed E-state index contributed by atoms with van der Waals surface area (Å²) in [4.78, 5) is 27.7. The van der Waals surface area contributed by atoms with Crippen LogP contribution in [-0.4, -0.2) is 24.0 Å². The number of amides is 1. The molecular formula is C13H16N2O3. The molecule has 1 saturated carbocycles. The SMILES string of the molecule is COC(=O)C1(C(=O)NCc2ccncc2)CCC1. The predicted octanol–water partition coefficient (Wildman–Crippen LogP) is 1.04. The average Bonchev–Trinajstić information content (AvgIpc) is 2.36. The average molecular weight is 248 g/mol. The summed E-state index contributed by atoms with van der Waals surface area (Å²) in [5.41, 5.74) is -0.000373. The van der Waals surface area contributed by atoms with E-state index in [1.807, 2.05) is 12.1 Å². The van der Waals surface area contributed by atoms with Gasteiger partial charge in [-0.3, -0.25) is 14.6 Å². The van der Waals surface area contributed by atoms with E-state index in [-0.39, 0.29) is 5.91 Å². The van der Waals surface area contributed by atoms with Gasteiger partial charge in [0.15, 0.2) is 0 Å². The van der Waals surface area contributed by atoms with Crippen molar-refractivity contribution >= 4 is 11.9 Å². The van der Waals surface area contributed by atoms with Crippen LogP contribution in [0.3, 0.4) is 0 Å². The molecule has 0 aromatic carbocycles. The molecule has 2 rings (SSSR count).